The van der Waals surface area contributed by atoms with E-state index in [2.05, 4.69) is 27.9 Å². The van der Waals surface area contributed by atoms with E-state index in [9.17, 15) is 10.1 Å². The van der Waals surface area contributed by atoms with E-state index in [0.717, 1.165) is 9.26 Å². The minimum atomic E-state index is -0.500. The van der Waals surface area contributed by atoms with Crippen LogP contribution < -0.4 is 11.1 Å². The smallest absolute Gasteiger partial charge is 0.315 e. The van der Waals surface area contributed by atoms with Crippen LogP contribution in [0.25, 0.3) is 0 Å². The molecule has 0 atom stereocenters. The zero-order valence-corrected chi connectivity index (χ0v) is 12.5. The van der Waals surface area contributed by atoms with Crippen LogP contribution in [-0.4, -0.2) is 4.92 Å². The maximum Gasteiger partial charge on any atom is 0.315 e. The lowest BCUT2D eigenvalue weighted by atomic mass is 10.2. The molecule has 3 N–H and O–H groups in total. The van der Waals surface area contributed by atoms with Crippen LogP contribution in [0.3, 0.4) is 0 Å². The molecule has 0 saturated heterocycles. The number of benzene rings is 2. The summed E-state index contributed by atoms with van der Waals surface area (Å²) in [5.41, 5.74) is 6.71. The predicted molar refractivity (Wildman–Crippen MR) is 85.0 cm³/mol. The van der Waals surface area contributed by atoms with Crippen molar-refractivity contribution in [2.24, 2.45) is 0 Å². The lowest BCUT2D eigenvalue weighted by Crippen LogP contribution is -2.01. The summed E-state index contributed by atoms with van der Waals surface area (Å²) < 4.78 is 0.863. The molecule has 0 aliphatic heterocycles. The Labute approximate surface area is 128 Å². The molecule has 0 radical (unpaired) electrons. The summed E-state index contributed by atoms with van der Waals surface area (Å²) in [5, 5.41) is 14.6. The van der Waals surface area contributed by atoms with Gasteiger partial charge in [-0.1, -0.05) is 17.7 Å². The summed E-state index contributed by atoms with van der Waals surface area (Å²) in [7, 11) is 0. The lowest BCUT2D eigenvalue weighted by Gasteiger charge is -2.10. The second kappa shape index (κ2) is 5.62. The molecule has 2 aromatic rings. The van der Waals surface area contributed by atoms with Gasteiger partial charge in [-0.05, 0) is 52.9 Å². The Morgan fingerprint density at radius 2 is 2.00 bits per heavy atom. The Hall–Kier alpha value is -1.54. The van der Waals surface area contributed by atoms with Gasteiger partial charge in [-0.15, -0.1) is 0 Å². The largest absolute Gasteiger partial charge is 0.393 e. The fourth-order valence-electron chi connectivity index (χ4n) is 1.60. The molecule has 2 rings (SSSR count). The first-order chi connectivity index (χ1) is 8.99. The van der Waals surface area contributed by atoms with E-state index >= 15 is 0 Å². The molecule has 0 saturated carbocycles. The standard InChI is InChI=1S/C12H9ClIN3O2/c13-7-4-5-10(8(14)6-7)16-11-3-1-2-9(15)12(11)17(18)19/h1-6,16H,15H2. The van der Waals surface area contributed by atoms with E-state index in [-0.39, 0.29) is 11.4 Å². The number of anilines is 3. The topological polar surface area (TPSA) is 81.2 Å². The molecule has 0 fully saturated rings. The number of nitrogens with two attached hydrogens (primary N) is 1. The number of hydrogen-bond donors (Lipinski definition) is 2. The Kier molecular flexibility index (Phi) is 4.11. The Balaban J connectivity index is 2.44. The van der Waals surface area contributed by atoms with Gasteiger partial charge in [-0.25, -0.2) is 0 Å². The summed E-state index contributed by atoms with van der Waals surface area (Å²) in [6.07, 6.45) is 0. The van der Waals surface area contributed by atoms with Gasteiger partial charge in [0.2, 0.25) is 0 Å². The molecule has 0 aliphatic carbocycles. The number of hydrogen-bond acceptors (Lipinski definition) is 4. The van der Waals surface area contributed by atoms with Crippen LogP contribution in [0.5, 0.6) is 0 Å². The Morgan fingerprint density at radius 1 is 1.26 bits per heavy atom. The van der Waals surface area contributed by atoms with Gasteiger partial charge in [0.15, 0.2) is 0 Å². The van der Waals surface area contributed by atoms with Crippen molar-refractivity contribution in [3.8, 4) is 0 Å². The number of nitrogen functional groups attached to an aromatic ring is 1. The molecule has 2 aromatic carbocycles. The summed E-state index contributed by atoms with van der Waals surface area (Å²) in [5.74, 6) is 0. The van der Waals surface area contributed by atoms with Crippen molar-refractivity contribution in [2.45, 2.75) is 0 Å². The highest BCUT2D eigenvalue weighted by Crippen LogP contribution is 2.34. The molecule has 7 heteroatoms. The Bertz CT molecular complexity index is 649. The van der Waals surface area contributed by atoms with Gasteiger partial charge in [0.1, 0.15) is 11.4 Å². The molecule has 0 aromatic heterocycles. The number of halogens is 2. The van der Waals surface area contributed by atoms with Crippen molar-refractivity contribution >= 4 is 56.9 Å². The quantitative estimate of drug-likeness (QED) is 0.357. The fraction of sp³-hybridized carbons (Fsp3) is 0. The monoisotopic (exact) mass is 389 g/mol. The van der Waals surface area contributed by atoms with Gasteiger partial charge in [0.05, 0.1) is 10.6 Å². The zero-order chi connectivity index (χ0) is 14.0. The van der Waals surface area contributed by atoms with Crippen LogP contribution in [-0.2, 0) is 0 Å². The average Bonchev–Trinajstić information content (AvgIpc) is 2.32. The van der Waals surface area contributed by atoms with E-state index in [1.165, 1.54) is 6.07 Å². The molecule has 0 unspecified atom stereocenters. The van der Waals surface area contributed by atoms with Crippen molar-refractivity contribution in [2.75, 3.05) is 11.1 Å². The fourth-order valence-corrected chi connectivity index (χ4v) is 2.61. The predicted octanol–water partition coefficient (Wildman–Crippen LogP) is 4.18. The minimum absolute atomic E-state index is 0.124. The molecule has 0 bridgehead atoms. The van der Waals surface area contributed by atoms with E-state index in [1.54, 1.807) is 30.3 Å². The van der Waals surface area contributed by atoms with Gasteiger partial charge in [0.25, 0.3) is 0 Å². The normalized spacial score (nSPS) is 10.2. The van der Waals surface area contributed by atoms with E-state index in [1.807, 2.05) is 0 Å². The van der Waals surface area contributed by atoms with Crippen molar-refractivity contribution < 1.29 is 4.92 Å². The first-order valence-electron chi connectivity index (χ1n) is 5.24. The summed E-state index contributed by atoms with van der Waals surface area (Å²) in [4.78, 5) is 10.5. The third-order valence-corrected chi connectivity index (χ3v) is 3.58. The van der Waals surface area contributed by atoms with Crippen molar-refractivity contribution in [3.63, 3.8) is 0 Å². The molecule has 98 valence electrons. The zero-order valence-electron chi connectivity index (χ0n) is 9.56. The average molecular weight is 390 g/mol. The van der Waals surface area contributed by atoms with Gasteiger partial charge in [-0.3, -0.25) is 10.1 Å². The lowest BCUT2D eigenvalue weighted by molar-refractivity contribution is -0.383. The maximum absolute atomic E-state index is 11.0. The molecule has 0 heterocycles. The molecule has 0 amide bonds. The number of nitrogens with one attached hydrogen (secondary N) is 1. The van der Waals surface area contributed by atoms with Crippen LogP contribution in [0.2, 0.25) is 5.02 Å². The third-order valence-electron chi connectivity index (χ3n) is 2.45. The van der Waals surface area contributed by atoms with E-state index in [0.29, 0.717) is 10.7 Å². The minimum Gasteiger partial charge on any atom is -0.393 e. The van der Waals surface area contributed by atoms with Crippen molar-refractivity contribution in [1.82, 2.24) is 0 Å². The molecule has 19 heavy (non-hydrogen) atoms. The number of nitrogens with zero attached hydrogens (tertiary/aromatic N) is 1. The molecular weight excluding hydrogens is 381 g/mol. The van der Waals surface area contributed by atoms with Crippen LogP contribution >= 0.6 is 34.2 Å². The van der Waals surface area contributed by atoms with Gasteiger partial charge in [-0.2, -0.15) is 0 Å². The van der Waals surface area contributed by atoms with Crippen molar-refractivity contribution in [3.05, 3.63) is 55.1 Å². The van der Waals surface area contributed by atoms with Gasteiger partial charge in [0, 0.05) is 8.59 Å². The van der Waals surface area contributed by atoms with Crippen LogP contribution in [0, 0.1) is 13.7 Å². The SMILES string of the molecule is Nc1cccc(Nc2ccc(Cl)cc2I)c1[N+](=O)[O-]. The Morgan fingerprint density at radius 3 is 2.63 bits per heavy atom. The second-order valence-corrected chi connectivity index (χ2v) is 5.35. The molecule has 5 nitrogen and oxygen atoms in total. The highest BCUT2D eigenvalue weighted by Gasteiger charge is 2.18. The number of nitro groups is 1. The van der Waals surface area contributed by atoms with Crippen LogP contribution in [0.4, 0.5) is 22.7 Å². The van der Waals surface area contributed by atoms with Crippen molar-refractivity contribution in [1.29, 1.82) is 0 Å². The number of nitro benzene ring substituents is 1. The number of rotatable bonds is 3. The van der Waals surface area contributed by atoms with Crippen LogP contribution in [0.15, 0.2) is 36.4 Å². The highest BCUT2D eigenvalue weighted by atomic mass is 127. The highest BCUT2D eigenvalue weighted by molar-refractivity contribution is 14.1. The molecule has 0 aliphatic rings. The number of para-hydroxylation sites is 1. The van der Waals surface area contributed by atoms with Gasteiger partial charge >= 0.3 is 5.69 Å². The van der Waals surface area contributed by atoms with Gasteiger partial charge < -0.3 is 11.1 Å². The third kappa shape index (κ3) is 3.07. The second-order valence-electron chi connectivity index (χ2n) is 3.75. The van der Waals surface area contributed by atoms with Crippen LogP contribution in [0.1, 0.15) is 0 Å². The molecular formula is C12H9ClIN3O2. The summed E-state index contributed by atoms with van der Waals surface area (Å²) >= 11 is 7.97. The first kappa shape index (κ1) is 13.9. The molecule has 0 spiro atoms. The first-order valence-corrected chi connectivity index (χ1v) is 6.69. The summed E-state index contributed by atoms with van der Waals surface area (Å²) in [6, 6.07) is 10.0. The van der Waals surface area contributed by atoms with E-state index in [4.69, 9.17) is 17.3 Å². The maximum atomic E-state index is 11.0. The summed E-state index contributed by atoms with van der Waals surface area (Å²) in [6.45, 7) is 0. The van der Waals surface area contributed by atoms with E-state index < -0.39 is 4.92 Å².